The predicted octanol–water partition coefficient (Wildman–Crippen LogP) is 5.67. The molecular formula is C27H28N4O3S. The fraction of sp³-hybridized carbons (Fsp3) is 0.259. The van der Waals surface area contributed by atoms with E-state index in [0.717, 1.165) is 17.0 Å². The first-order valence-corrected chi connectivity index (χ1v) is 12.2. The number of H-pyrrole nitrogens is 1. The van der Waals surface area contributed by atoms with Gasteiger partial charge in [0.2, 0.25) is 0 Å². The number of aromatic nitrogens is 4. The Morgan fingerprint density at radius 3 is 2.37 bits per heavy atom. The van der Waals surface area contributed by atoms with Gasteiger partial charge in [-0.1, -0.05) is 48.2 Å². The van der Waals surface area contributed by atoms with Gasteiger partial charge in [-0.15, -0.1) is 10.2 Å². The Morgan fingerprint density at radius 2 is 1.71 bits per heavy atom. The molecule has 0 aliphatic rings. The lowest BCUT2D eigenvalue weighted by atomic mass is 10.0. The van der Waals surface area contributed by atoms with E-state index in [9.17, 15) is 9.59 Å². The molecule has 1 N–H and O–H groups in total. The summed E-state index contributed by atoms with van der Waals surface area (Å²) in [6, 6.07) is 17.6. The Morgan fingerprint density at radius 1 is 1.03 bits per heavy atom. The van der Waals surface area contributed by atoms with Gasteiger partial charge in [-0.2, -0.15) is 0 Å². The van der Waals surface area contributed by atoms with Gasteiger partial charge in [0.05, 0.1) is 10.9 Å². The molecule has 4 rings (SSSR count). The van der Waals surface area contributed by atoms with Crippen molar-refractivity contribution >= 4 is 23.3 Å². The minimum absolute atomic E-state index is 0.0577. The SMILES string of the molecule is CC(=O)c1c(C)[nH]c(C(=O)C(C)Sc2nnc(COc3ccccc3C)n2-c2ccccc2)c1C. The number of carbonyl (C=O) groups excluding carboxylic acids is 2. The molecule has 7 nitrogen and oxygen atoms in total. The summed E-state index contributed by atoms with van der Waals surface area (Å²) in [4.78, 5) is 28.4. The minimum atomic E-state index is -0.455. The first-order valence-electron chi connectivity index (χ1n) is 11.4. The van der Waals surface area contributed by atoms with Gasteiger partial charge >= 0.3 is 0 Å². The number of para-hydroxylation sites is 2. The normalized spacial score (nSPS) is 11.9. The van der Waals surface area contributed by atoms with Crippen LogP contribution in [0.25, 0.3) is 5.69 Å². The quantitative estimate of drug-likeness (QED) is 0.241. The fourth-order valence-electron chi connectivity index (χ4n) is 4.11. The summed E-state index contributed by atoms with van der Waals surface area (Å²) < 4.78 is 7.95. The highest BCUT2D eigenvalue weighted by Gasteiger charge is 2.26. The number of aromatic amines is 1. The molecule has 180 valence electrons. The molecule has 0 aliphatic heterocycles. The summed E-state index contributed by atoms with van der Waals surface area (Å²) >= 11 is 1.33. The van der Waals surface area contributed by atoms with Crippen LogP contribution < -0.4 is 4.74 Å². The molecule has 8 heteroatoms. The lowest BCUT2D eigenvalue weighted by Gasteiger charge is -2.14. The topological polar surface area (TPSA) is 89.9 Å². The minimum Gasteiger partial charge on any atom is -0.485 e. The van der Waals surface area contributed by atoms with Gasteiger partial charge in [-0.05, 0) is 63.9 Å². The molecule has 0 saturated carbocycles. The van der Waals surface area contributed by atoms with E-state index in [0.29, 0.717) is 33.5 Å². The van der Waals surface area contributed by atoms with Crippen LogP contribution >= 0.6 is 11.8 Å². The molecule has 2 heterocycles. The van der Waals surface area contributed by atoms with E-state index >= 15 is 0 Å². The van der Waals surface area contributed by atoms with E-state index < -0.39 is 5.25 Å². The molecule has 2 aromatic heterocycles. The van der Waals surface area contributed by atoms with Crippen LogP contribution in [0.1, 0.15) is 57.3 Å². The molecule has 0 fully saturated rings. The summed E-state index contributed by atoms with van der Waals surface area (Å²) in [5.74, 6) is 1.26. The second-order valence-corrected chi connectivity index (χ2v) is 9.74. The summed E-state index contributed by atoms with van der Waals surface area (Å²) in [6.07, 6.45) is 0. The Bertz CT molecular complexity index is 1370. The Kier molecular flexibility index (Phi) is 7.21. The number of Topliss-reactive ketones (excluding diaryl/α,β-unsaturated/α-hetero) is 2. The van der Waals surface area contributed by atoms with E-state index in [1.54, 1.807) is 6.92 Å². The highest BCUT2D eigenvalue weighted by Crippen LogP contribution is 2.30. The van der Waals surface area contributed by atoms with Gasteiger partial charge in [-0.3, -0.25) is 14.2 Å². The van der Waals surface area contributed by atoms with Crippen molar-refractivity contribution < 1.29 is 14.3 Å². The number of aryl methyl sites for hydroxylation is 2. The smallest absolute Gasteiger partial charge is 0.196 e. The van der Waals surface area contributed by atoms with Crippen molar-refractivity contribution in [2.45, 2.75) is 51.6 Å². The first kappa shape index (κ1) is 24.5. The van der Waals surface area contributed by atoms with E-state index in [2.05, 4.69) is 15.2 Å². The molecule has 0 amide bonds. The van der Waals surface area contributed by atoms with Gasteiger partial charge in [0.1, 0.15) is 12.4 Å². The van der Waals surface area contributed by atoms with Crippen molar-refractivity contribution in [1.29, 1.82) is 0 Å². The third-order valence-corrected chi connectivity index (χ3v) is 6.90. The zero-order valence-corrected chi connectivity index (χ0v) is 21.3. The van der Waals surface area contributed by atoms with Crippen LogP contribution in [0, 0.1) is 20.8 Å². The molecule has 0 radical (unpaired) electrons. The van der Waals surface area contributed by atoms with E-state index in [1.165, 1.54) is 18.7 Å². The molecule has 1 unspecified atom stereocenters. The van der Waals surface area contributed by atoms with Crippen LogP contribution in [-0.2, 0) is 6.61 Å². The number of nitrogens with zero attached hydrogens (tertiary/aromatic N) is 3. The van der Waals surface area contributed by atoms with Crippen LogP contribution in [0.2, 0.25) is 0 Å². The Balaban J connectivity index is 1.62. The lowest BCUT2D eigenvalue weighted by Crippen LogP contribution is -2.16. The van der Waals surface area contributed by atoms with Crippen LogP contribution in [0.4, 0.5) is 0 Å². The van der Waals surface area contributed by atoms with E-state index in [-0.39, 0.29) is 18.2 Å². The van der Waals surface area contributed by atoms with Crippen molar-refractivity contribution in [1.82, 2.24) is 19.7 Å². The Labute approximate surface area is 208 Å². The fourth-order valence-corrected chi connectivity index (χ4v) is 5.05. The van der Waals surface area contributed by atoms with Crippen molar-refractivity contribution in [2.24, 2.45) is 0 Å². The molecular weight excluding hydrogens is 460 g/mol. The molecule has 35 heavy (non-hydrogen) atoms. The maximum atomic E-state index is 13.3. The van der Waals surface area contributed by atoms with Gasteiger partial charge in [0.15, 0.2) is 22.5 Å². The number of nitrogens with one attached hydrogen (secondary N) is 1. The van der Waals surface area contributed by atoms with Crippen LogP contribution in [0.15, 0.2) is 59.8 Å². The van der Waals surface area contributed by atoms with Crippen LogP contribution in [0.5, 0.6) is 5.75 Å². The zero-order valence-electron chi connectivity index (χ0n) is 20.5. The summed E-state index contributed by atoms with van der Waals surface area (Å²) in [5.41, 5.74) is 4.35. The maximum Gasteiger partial charge on any atom is 0.196 e. The summed E-state index contributed by atoms with van der Waals surface area (Å²) in [5, 5.41) is 8.92. The largest absolute Gasteiger partial charge is 0.485 e. The summed E-state index contributed by atoms with van der Waals surface area (Å²) in [6.45, 7) is 9.19. The highest BCUT2D eigenvalue weighted by molar-refractivity contribution is 8.00. The monoisotopic (exact) mass is 488 g/mol. The van der Waals surface area contributed by atoms with Gasteiger partial charge < -0.3 is 9.72 Å². The van der Waals surface area contributed by atoms with Gasteiger partial charge in [0.25, 0.3) is 0 Å². The number of thioether (sulfide) groups is 1. The average molecular weight is 489 g/mol. The number of ketones is 2. The lowest BCUT2D eigenvalue weighted by molar-refractivity contribution is 0.0988. The van der Waals surface area contributed by atoms with Crippen molar-refractivity contribution in [3.05, 3.63) is 88.5 Å². The Hall–Kier alpha value is -3.65. The second-order valence-electron chi connectivity index (χ2n) is 8.43. The van der Waals surface area contributed by atoms with Crippen molar-refractivity contribution in [2.75, 3.05) is 0 Å². The summed E-state index contributed by atoms with van der Waals surface area (Å²) in [7, 11) is 0. The third-order valence-electron chi connectivity index (χ3n) is 5.85. The molecule has 4 aromatic rings. The molecule has 0 spiro atoms. The third kappa shape index (κ3) is 5.07. The number of hydrogen-bond acceptors (Lipinski definition) is 6. The highest BCUT2D eigenvalue weighted by atomic mass is 32.2. The zero-order chi connectivity index (χ0) is 25.1. The van der Waals surface area contributed by atoms with Gasteiger partial charge in [0, 0.05) is 16.9 Å². The molecule has 1 atom stereocenters. The number of benzene rings is 2. The predicted molar refractivity (Wildman–Crippen MR) is 137 cm³/mol. The van der Waals surface area contributed by atoms with E-state index in [4.69, 9.17) is 4.74 Å². The van der Waals surface area contributed by atoms with Crippen LogP contribution in [-0.4, -0.2) is 36.6 Å². The first-order chi connectivity index (χ1) is 16.8. The molecule has 0 saturated heterocycles. The standard InChI is InChI=1S/C27H28N4O3S/c1-16-11-9-10-14-22(16)34-15-23-29-30-27(31(23)21-12-7-6-8-13-21)35-20(5)26(33)25-17(2)24(19(4)32)18(3)28-25/h6-14,20,28H,15H2,1-5H3. The number of carbonyl (C=O) groups is 2. The average Bonchev–Trinajstić information content (AvgIpc) is 3.37. The number of ether oxygens (including phenoxy) is 1. The molecule has 2 aromatic carbocycles. The van der Waals surface area contributed by atoms with Crippen molar-refractivity contribution in [3.8, 4) is 11.4 Å². The van der Waals surface area contributed by atoms with E-state index in [1.807, 2.05) is 79.9 Å². The van der Waals surface area contributed by atoms with Gasteiger partial charge in [-0.25, -0.2) is 0 Å². The van der Waals surface area contributed by atoms with Crippen molar-refractivity contribution in [3.63, 3.8) is 0 Å². The molecule has 0 aliphatic carbocycles. The molecule has 0 bridgehead atoms. The van der Waals surface area contributed by atoms with Crippen LogP contribution in [0.3, 0.4) is 0 Å². The number of rotatable bonds is 9. The second kappa shape index (κ2) is 10.3. The maximum absolute atomic E-state index is 13.3. The number of hydrogen-bond donors (Lipinski definition) is 1.